The van der Waals surface area contributed by atoms with Crippen molar-refractivity contribution >= 4 is 23.0 Å². The van der Waals surface area contributed by atoms with Gasteiger partial charge in [0.2, 0.25) is 0 Å². The summed E-state index contributed by atoms with van der Waals surface area (Å²) in [4.78, 5) is 27.4. The van der Waals surface area contributed by atoms with E-state index in [0.717, 1.165) is 25.9 Å². The highest BCUT2D eigenvalue weighted by molar-refractivity contribution is 5.85. The lowest BCUT2D eigenvalue weighted by molar-refractivity contribution is -0.135. The second-order valence-corrected chi connectivity index (χ2v) is 7.27. The molecule has 0 atom stereocenters. The van der Waals surface area contributed by atoms with E-state index in [1.807, 2.05) is 4.90 Å². The molecule has 0 radical (unpaired) electrons. The van der Waals surface area contributed by atoms with Crippen LogP contribution in [0.4, 0.5) is 0 Å². The van der Waals surface area contributed by atoms with Crippen molar-refractivity contribution in [2.45, 2.75) is 6.54 Å². The zero-order valence-corrected chi connectivity index (χ0v) is 16.3. The van der Waals surface area contributed by atoms with Crippen LogP contribution in [0, 0.1) is 0 Å². The van der Waals surface area contributed by atoms with E-state index < -0.39 is 0 Å². The van der Waals surface area contributed by atoms with Crippen molar-refractivity contribution in [1.82, 2.24) is 9.80 Å². The molecule has 1 aliphatic heterocycles. The predicted molar refractivity (Wildman–Crippen MR) is 113 cm³/mol. The van der Waals surface area contributed by atoms with Crippen molar-refractivity contribution in [1.29, 1.82) is 0 Å². The molecule has 0 saturated carbocycles. The number of rotatable bonds is 6. The summed E-state index contributed by atoms with van der Waals surface area (Å²) in [6.45, 7) is 4.02. The van der Waals surface area contributed by atoms with Crippen LogP contribution in [0.25, 0.3) is 10.8 Å². The Hall–Kier alpha value is -3.18. The van der Waals surface area contributed by atoms with Gasteiger partial charge in [-0.3, -0.25) is 14.5 Å². The quantitative estimate of drug-likeness (QED) is 0.608. The minimum Gasteiger partial charge on any atom is -0.484 e. The Morgan fingerprint density at radius 1 is 0.897 bits per heavy atom. The molecule has 148 valence electrons. The molecule has 0 spiro atoms. The maximum absolute atomic E-state index is 12.5. The zero-order valence-electron chi connectivity index (χ0n) is 16.3. The van der Waals surface area contributed by atoms with Crippen LogP contribution in [-0.2, 0) is 11.3 Å². The number of carbonyl (C=O) groups is 2. The van der Waals surface area contributed by atoms with Crippen LogP contribution >= 0.6 is 0 Å². The van der Waals surface area contributed by atoms with Crippen molar-refractivity contribution in [3.05, 3.63) is 77.9 Å². The summed E-state index contributed by atoms with van der Waals surface area (Å²) in [7, 11) is 0. The van der Waals surface area contributed by atoms with Gasteiger partial charge in [-0.2, -0.15) is 0 Å². The Bertz CT molecular complexity index is 987. The first-order valence-electron chi connectivity index (χ1n) is 9.88. The van der Waals surface area contributed by atoms with Crippen LogP contribution in [0.1, 0.15) is 15.9 Å². The second-order valence-electron chi connectivity index (χ2n) is 7.27. The van der Waals surface area contributed by atoms with Crippen molar-refractivity contribution < 1.29 is 14.3 Å². The fourth-order valence-corrected chi connectivity index (χ4v) is 3.71. The topological polar surface area (TPSA) is 49.9 Å². The second kappa shape index (κ2) is 8.88. The van der Waals surface area contributed by atoms with Crippen LogP contribution in [0.5, 0.6) is 5.75 Å². The number of hydrogen-bond acceptors (Lipinski definition) is 4. The van der Waals surface area contributed by atoms with Crippen molar-refractivity contribution in [3.63, 3.8) is 0 Å². The first-order valence-corrected chi connectivity index (χ1v) is 9.88. The van der Waals surface area contributed by atoms with Crippen LogP contribution < -0.4 is 4.74 Å². The Morgan fingerprint density at radius 2 is 1.62 bits per heavy atom. The number of hydrogen-bond donors (Lipinski definition) is 0. The molecular weight excluding hydrogens is 364 g/mol. The van der Waals surface area contributed by atoms with Gasteiger partial charge < -0.3 is 9.64 Å². The maximum atomic E-state index is 12.5. The van der Waals surface area contributed by atoms with Gasteiger partial charge in [0.15, 0.2) is 6.61 Å². The minimum atomic E-state index is -0.00530. The maximum Gasteiger partial charge on any atom is 0.260 e. The molecule has 4 rings (SSSR count). The number of fused-ring (bicyclic) bond motifs is 1. The van der Waals surface area contributed by atoms with Gasteiger partial charge in [-0.25, -0.2) is 0 Å². The van der Waals surface area contributed by atoms with E-state index in [2.05, 4.69) is 47.4 Å². The van der Waals surface area contributed by atoms with Crippen LogP contribution in [0.15, 0.2) is 66.7 Å². The van der Waals surface area contributed by atoms with E-state index in [0.29, 0.717) is 24.4 Å². The van der Waals surface area contributed by atoms with Crippen LogP contribution in [-0.4, -0.2) is 54.8 Å². The molecule has 1 amide bonds. The van der Waals surface area contributed by atoms with E-state index >= 15 is 0 Å². The smallest absolute Gasteiger partial charge is 0.260 e. The highest BCUT2D eigenvalue weighted by Crippen LogP contribution is 2.20. The lowest BCUT2D eigenvalue weighted by atomic mass is 10.0. The SMILES string of the molecule is O=Cc1ccc(OCC(=O)N2CCN(Cc3cccc4ccccc34)CC2)cc1. The Labute approximate surface area is 170 Å². The van der Waals surface area contributed by atoms with Crippen molar-refractivity contribution in [2.24, 2.45) is 0 Å². The van der Waals surface area contributed by atoms with Gasteiger partial charge in [-0.1, -0.05) is 42.5 Å². The van der Waals surface area contributed by atoms with Gasteiger partial charge in [-0.05, 0) is 40.6 Å². The first kappa shape index (κ1) is 19.2. The molecule has 3 aromatic rings. The van der Waals surface area contributed by atoms with E-state index in [1.165, 1.54) is 16.3 Å². The highest BCUT2D eigenvalue weighted by Gasteiger charge is 2.21. The third-order valence-corrected chi connectivity index (χ3v) is 5.38. The molecule has 5 heteroatoms. The molecule has 1 fully saturated rings. The third kappa shape index (κ3) is 4.63. The van der Waals surface area contributed by atoms with Crippen molar-refractivity contribution in [2.75, 3.05) is 32.8 Å². The molecule has 3 aromatic carbocycles. The Morgan fingerprint density at radius 3 is 2.38 bits per heavy atom. The molecule has 29 heavy (non-hydrogen) atoms. The van der Waals surface area contributed by atoms with E-state index in [4.69, 9.17) is 4.74 Å². The highest BCUT2D eigenvalue weighted by atomic mass is 16.5. The van der Waals surface area contributed by atoms with Gasteiger partial charge in [0.1, 0.15) is 12.0 Å². The Kier molecular flexibility index (Phi) is 5.86. The molecule has 5 nitrogen and oxygen atoms in total. The average molecular weight is 388 g/mol. The number of amides is 1. The van der Waals surface area contributed by atoms with Gasteiger partial charge in [-0.15, -0.1) is 0 Å². The first-order chi connectivity index (χ1) is 14.2. The summed E-state index contributed by atoms with van der Waals surface area (Å²) in [5, 5.41) is 2.56. The number of nitrogens with zero attached hydrogens (tertiary/aromatic N) is 2. The summed E-state index contributed by atoms with van der Waals surface area (Å²) in [5.74, 6) is 0.591. The molecular formula is C24H24N2O3. The number of carbonyl (C=O) groups excluding carboxylic acids is 2. The lowest BCUT2D eigenvalue weighted by Gasteiger charge is -2.34. The number of aldehydes is 1. The zero-order chi connectivity index (χ0) is 20.1. The van der Waals surface area contributed by atoms with E-state index in [9.17, 15) is 9.59 Å². The standard InChI is InChI=1S/C24H24N2O3/c27-17-19-8-10-22(11-9-19)29-18-24(28)26-14-12-25(13-15-26)16-21-6-3-5-20-4-1-2-7-23(20)21/h1-11,17H,12-16,18H2. The summed E-state index contributed by atoms with van der Waals surface area (Å²) in [6, 6.07) is 21.7. The van der Waals surface area contributed by atoms with Crippen LogP contribution in [0.2, 0.25) is 0 Å². The minimum absolute atomic E-state index is 0.00530. The van der Waals surface area contributed by atoms with Gasteiger partial charge in [0.25, 0.3) is 5.91 Å². The van der Waals surface area contributed by atoms with Gasteiger partial charge in [0.05, 0.1) is 0 Å². The predicted octanol–water partition coefficient (Wildman–Crippen LogP) is 3.38. The fraction of sp³-hybridized carbons (Fsp3) is 0.250. The van der Waals surface area contributed by atoms with E-state index in [1.54, 1.807) is 24.3 Å². The van der Waals surface area contributed by atoms with Gasteiger partial charge >= 0.3 is 0 Å². The molecule has 1 aliphatic rings. The number of piperazine rings is 1. The summed E-state index contributed by atoms with van der Waals surface area (Å²) >= 11 is 0. The van der Waals surface area contributed by atoms with Crippen LogP contribution in [0.3, 0.4) is 0 Å². The third-order valence-electron chi connectivity index (χ3n) is 5.38. The van der Waals surface area contributed by atoms with Crippen molar-refractivity contribution in [3.8, 4) is 5.75 Å². The number of ether oxygens (including phenoxy) is 1. The lowest BCUT2D eigenvalue weighted by Crippen LogP contribution is -2.49. The molecule has 0 N–H and O–H groups in total. The normalized spacial score (nSPS) is 14.7. The number of benzene rings is 3. The monoisotopic (exact) mass is 388 g/mol. The largest absolute Gasteiger partial charge is 0.484 e. The average Bonchev–Trinajstić information content (AvgIpc) is 2.78. The van der Waals surface area contributed by atoms with Gasteiger partial charge in [0, 0.05) is 38.3 Å². The molecule has 1 heterocycles. The molecule has 0 bridgehead atoms. The molecule has 0 unspecified atom stereocenters. The molecule has 0 aliphatic carbocycles. The van der Waals surface area contributed by atoms with E-state index in [-0.39, 0.29) is 12.5 Å². The molecule has 0 aromatic heterocycles. The summed E-state index contributed by atoms with van der Waals surface area (Å²) < 4.78 is 5.57. The molecule has 1 saturated heterocycles. The summed E-state index contributed by atoms with van der Waals surface area (Å²) in [6.07, 6.45) is 0.784. The Balaban J connectivity index is 1.28. The fourth-order valence-electron chi connectivity index (χ4n) is 3.71. The summed E-state index contributed by atoms with van der Waals surface area (Å²) in [5.41, 5.74) is 1.91.